The van der Waals surface area contributed by atoms with Crippen molar-refractivity contribution in [3.8, 4) is 0 Å². The van der Waals surface area contributed by atoms with E-state index in [1.807, 2.05) is 47.0 Å². The molecule has 132 valence electrons. The van der Waals surface area contributed by atoms with E-state index in [-0.39, 0.29) is 17.9 Å². The average Bonchev–Trinajstić information content (AvgIpc) is 2.72. The predicted molar refractivity (Wildman–Crippen MR) is 106 cm³/mol. The molecule has 0 unspecified atom stereocenters. The van der Waals surface area contributed by atoms with Gasteiger partial charge in [0.2, 0.25) is 0 Å². The molecule has 0 saturated carbocycles. The van der Waals surface area contributed by atoms with Gasteiger partial charge in [0.05, 0.1) is 17.2 Å². The molecule has 0 spiro atoms. The van der Waals surface area contributed by atoms with Gasteiger partial charge in [-0.1, -0.05) is 30.3 Å². The Morgan fingerprint density at radius 1 is 1.00 bits per heavy atom. The van der Waals surface area contributed by atoms with E-state index >= 15 is 0 Å². The van der Waals surface area contributed by atoms with Crippen molar-refractivity contribution in [2.24, 2.45) is 5.10 Å². The Hall–Kier alpha value is -3.80. The van der Waals surface area contributed by atoms with Gasteiger partial charge >= 0.3 is 0 Å². The first kappa shape index (κ1) is 16.7. The van der Waals surface area contributed by atoms with Crippen molar-refractivity contribution in [3.63, 3.8) is 0 Å². The topological polar surface area (TPSA) is 76.3 Å². The van der Waals surface area contributed by atoms with Crippen LogP contribution in [-0.2, 0) is 11.3 Å². The molecule has 2 aromatic heterocycles. The number of rotatable bonds is 4. The van der Waals surface area contributed by atoms with Gasteiger partial charge < -0.3 is 4.57 Å². The molecule has 6 nitrogen and oxygen atoms in total. The van der Waals surface area contributed by atoms with E-state index in [1.165, 1.54) is 6.21 Å². The van der Waals surface area contributed by atoms with Crippen LogP contribution in [-0.4, -0.2) is 21.7 Å². The van der Waals surface area contributed by atoms with Gasteiger partial charge in [-0.2, -0.15) is 5.10 Å². The lowest BCUT2D eigenvalue weighted by molar-refractivity contribution is -0.121. The summed E-state index contributed by atoms with van der Waals surface area (Å²) >= 11 is 0. The van der Waals surface area contributed by atoms with E-state index in [9.17, 15) is 9.59 Å². The lowest BCUT2D eigenvalue weighted by Gasteiger charge is -2.14. The summed E-state index contributed by atoms with van der Waals surface area (Å²) in [7, 11) is 0. The Morgan fingerprint density at radius 2 is 1.67 bits per heavy atom. The Bertz CT molecular complexity index is 1150. The maximum Gasteiger partial charge on any atom is 0.260 e. The molecule has 4 aromatic rings. The molecule has 0 aliphatic rings. The number of benzene rings is 2. The van der Waals surface area contributed by atoms with Crippen LogP contribution in [0.3, 0.4) is 0 Å². The van der Waals surface area contributed by atoms with Crippen molar-refractivity contribution >= 4 is 33.9 Å². The molecule has 2 heterocycles. The molecule has 2 aromatic carbocycles. The Labute approximate surface area is 154 Å². The van der Waals surface area contributed by atoms with Crippen molar-refractivity contribution in [1.29, 1.82) is 0 Å². The molecule has 0 saturated heterocycles. The van der Waals surface area contributed by atoms with Crippen molar-refractivity contribution in [2.75, 3.05) is 0 Å². The molecular weight excluding hydrogens is 340 g/mol. The van der Waals surface area contributed by atoms with E-state index in [0.717, 1.165) is 5.56 Å². The fourth-order valence-electron chi connectivity index (χ4n) is 3.06. The molecule has 0 fully saturated rings. The first-order valence-electron chi connectivity index (χ1n) is 8.46. The number of nitrogens with one attached hydrogen (secondary N) is 1. The summed E-state index contributed by atoms with van der Waals surface area (Å²) in [5.41, 5.74) is 4.71. The molecule has 27 heavy (non-hydrogen) atoms. The number of nitrogens with zero attached hydrogens (tertiary/aromatic N) is 3. The van der Waals surface area contributed by atoms with Crippen LogP contribution in [0.5, 0.6) is 0 Å². The first-order valence-corrected chi connectivity index (χ1v) is 8.46. The molecule has 6 heteroatoms. The molecule has 0 aliphatic heterocycles. The zero-order valence-electron chi connectivity index (χ0n) is 14.4. The number of carbonyl (C=O) groups is 1. The minimum absolute atomic E-state index is 0.0348. The van der Waals surface area contributed by atoms with Crippen molar-refractivity contribution < 1.29 is 4.79 Å². The zero-order valence-corrected chi connectivity index (χ0v) is 14.4. The molecule has 0 atom stereocenters. The molecule has 0 radical (unpaired) electrons. The zero-order chi connectivity index (χ0) is 18.6. The second kappa shape index (κ2) is 7.21. The number of hydrogen-bond acceptors (Lipinski definition) is 4. The maximum atomic E-state index is 12.7. The number of hydrogen-bond donors (Lipinski definition) is 1. The fourth-order valence-corrected chi connectivity index (χ4v) is 3.06. The number of pyridine rings is 2. The van der Waals surface area contributed by atoms with Gasteiger partial charge in [0.1, 0.15) is 6.54 Å². The normalized spacial score (nSPS) is 11.3. The van der Waals surface area contributed by atoms with E-state index in [1.54, 1.807) is 30.6 Å². The molecule has 1 amide bonds. The highest BCUT2D eigenvalue weighted by atomic mass is 16.2. The van der Waals surface area contributed by atoms with Crippen LogP contribution in [0.2, 0.25) is 0 Å². The summed E-state index contributed by atoms with van der Waals surface area (Å²) in [4.78, 5) is 29.1. The summed E-state index contributed by atoms with van der Waals surface area (Å²) in [5, 5.41) is 5.15. The third-order valence-electron chi connectivity index (χ3n) is 4.27. The number of hydrazone groups is 1. The van der Waals surface area contributed by atoms with Crippen molar-refractivity contribution in [3.05, 3.63) is 88.8 Å². The minimum atomic E-state index is -0.283. The Kier molecular flexibility index (Phi) is 4.45. The second-order valence-electron chi connectivity index (χ2n) is 6.03. The van der Waals surface area contributed by atoms with Crippen LogP contribution >= 0.6 is 0 Å². The third kappa shape index (κ3) is 3.32. The van der Waals surface area contributed by atoms with Gasteiger partial charge in [0.15, 0.2) is 5.43 Å². The standard InChI is InChI=1S/C21H16N4O2/c26-20(24-23-13-15-6-5-11-22-12-15)14-25-18-9-3-1-7-16(18)21(27)17-8-2-4-10-19(17)25/h1-13H,14H2,(H,24,26)/b23-13-. The van der Waals surface area contributed by atoms with Gasteiger partial charge in [0, 0.05) is 28.7 Å². The highest BCUT2D eigenvalue weighted by molar-refractivity contribution is 5.95. The highest BCUT2D eigenvalue weighted by Crippen LogP contribution is 2.18. The predicted octanol–water partition coefficient (Wildman–Crippen LogP) is 2.70. The van der Waals surface area contributed by atoms with Crippen molar-refractivity contribution in [1.82, 2.24) is 15.0 Å². The van der Waals surface area contributed by atoms with Crippen molar-refractivity contribution in [2.45, 2.75) is 6.54 Å². The van der Waals surface area contributed by atoms with Gasteiger partial charge in [-0.25, -0.2) is 5.43 Å². The van der Waals surface area contributed by atoms with Crippen LogP contribution in [0.15, 0.2) is 83.0 Å². The maximum absolute atomic E-state index is 12.7. The van der Waals surface area contributed by atoms with Crippen LogP contribution < -0.4 is 10.9 Å². The number of para-hydroxylation sites is 2. The summed E-state index contributed by atoms with van der Waals surface area (Å²) in [6, 6.07) is 18.2. The fraction of sp³-hybridized carbons (Fsp3) is 0.0476. The first-order chi connectivity index (χ1) is 13.2. The monoisotopic (exact) mass is 356 g/mol. The summed E-state index contributed by atoms with van der Waals surface area (Å²) in [6.45, 7) is 0.0473. The molecule has 0 aliphatic carbocycles. The van der Waals surface area contributed by atoms with E-state index in [4.69, 9.17) is 0 Å². The number of fused-ring (bicyclic) bond motifs is 2. The van der Waals surface area contributed by atoms with Gasteiger partial charge in [0.25, 0.3) is 5.91 Å². The Balaban J connectivity index is 1.68. The smallest absolute Gasteiger partial charge is 0.260 e. The quantitative estimate of drug-likeness (QED) is 0.347. The molecule has 0 bridgehead atoms. The molecule has 4 rings (SSSR count). The lowest BCUT2D eigenvalue weighted by Crippen LogP contribution is -2.25. The SMILES string of the molecule is O=C(Cn1c2ccccc2c(=O)c2ccccc21)N/N=C\c1cccnc1. The third-order valence-corrected chi connectivity index (χ3v) is 4.27. The average molecular weight is 356 g/mol. The summed E-state index contributed by atoms with van der Waals surface area (Å²) in [5.74, 6) is -0.283. The van der Waals surface area contributed by atoms with Gasteiger partial charge in [-0.15, -0.1) is 0 Å². The van der Waals surface area contributed by atoms with E-state index < -0.39 is 0 Å². The largest absolute Gasteiger partial charge is 0.331 e. The van der Waals surface area contributed by atoms with E-state index in [0.29, 0.717) is 21.8 Å². The summed E-state index contributed by atoms with van der Waals surface area (Å²) in [6.07, 6.45) is 4.85. The molecular formula is C21H16N4O2. The number of carbonyl (C=O) groups excluding carboxylic acids is 1. The number of amides is 1. The lowest BCUT2D eigenvalue weighted by atomic mass is 10.1. The van der Waals surface area contributed by atoms with Crippen LogP contribution in [0.25, 0.3) is 21.8 Å². The number of aromatic nitrogens is 2. The molecule has 1 N–H and O–H groups in total. The van der Waals surface area contributed by atoms with Crippen LogP contribution in [0.4, 0.5) is 0 Å². The minimum Gasteiger partial charge on any atom is -0.331 e. The van der Waals surface area contributed by atoms with E-state index in [2.05, 4.69) is 15.5 Å². The van der Waals surface area contributed by atoms with Crippen LogP contribution in [0, 0.1) is 0 Å². The summed E-state index contributed by atoms with van der Waals surface area (Å²) < 4.78 is 1.83. The van der Waals surface area contributed by atoms with Gasteiger partial charge in [-0.3, -0.25) is 14.6 Å². The highest BCUT2D eigenvalue weighted by Gasteiger charge is 2.12. The van der Waals surface area contributed by atoms with Gasteiger partial charge in [-0.05, 0) is 30.3 Å². The Morgan fingerprint density at radius 3 is 2.30 bits per heavy atom. The second-order valence-corrected chi connectivity index (χ2v) is 6.03. The van der Waals surface area contributed by atoms with Crippen LogP contribution in [0.1, 0.15) is 5.56 Å².